The van der Waals surface area contributed by atoms with Crippen molar-refractivity contribution in [1.29, 1.82) is 0 Å². The van der Waals surface area contributed by atoms with E-state index < -0.39 is 17.6 Å². The van der Waals surface area contributed by atoms with Crippen LogP contribution < -0.4 is 5.73 Å². The molecule has 0 radical (unpaired) electrons. The normalized spacial score (nSPS) is 12.0. The van der Waals surface area contributed by atoms with Crippen LogP contribution in [0.1, 0.15) is 5.56 Å². The second kappa shape index (κ2) is 4.59. The molecule has 2 N–H and O–H groups in total. The largest absolute Gasteiger partial charge is 0.421 e. The Morgan fingerprint density at radius 2 is 1.90 bits per heavy atom. The fraction of sp³-hybridized carbons (Fsp3) is 0.0833. The van der Waals surface area contributed by atoms with Gasteiger partial charge >= 0.3 is 6.18 Å². The molecule has 0 aliphatic carbocycles. The third-order valence-corrected chi connectivity index (χ3v) is 3.04. The molecule has 0 bridgehead atoms. The second-order valence-electron chi connectivity index (χ2n) is 4.19. The third kappa shape index (κ3) is 2.27. The van der Waals surface area contributed by atoms with Crippen molar-refractivity contribution < 1.29 is 13.2 Å². The van der Waals surface area contributed by atoms with Gasteiger partial charge in [-0.3, -0.25) is 0 Å². The Bertz CT molecular complexity index is 827. The number of anilines is 1. The maximum absolute atomic E-state index is 13.1. The molecule has 0 aliphatic rings. The number of nitrogens with two attached hydrogens (primary N) is 1. The van der Waals surface area contributed by atoms with E-state index in [1.54, 1.807) is 24.3 Å². The van der Waals surface area contributed by atoms with E-state index in [0.29, 0.717) is 17.1 Å². The molecule has 9 heteroatoms. The van der Waals surface area contributed by atoms with E-state index in [9.17, 15) is 13.2 Å². The van der Waals surface area contributed by atoms with Crippen LogP contribution in [0.5, 0.6) is 0 Å². The van der Waals surface area contributed by atoms with Crippen LogP contribution in [0.3, 0.4) is 0 Å². The number of benzene rings is 1. The van der Waals surface area contributed by atoms with Crippen LogP contribution in [0, 0.1) is 0 Å². The molecule has 0 spiro atoms. The molecule has 0 fully saturated rings. The van der Waals surface area contributed by atoms with Gasteiger partial charge < -0.3 is 5.73 Å². The minimum atomic E-state index is -4.64. The first kappa shape index (κ1) is 13.6. The number of nitrogen functional groups attached to an aromatic ring is 1. The van der Waals surface area contributed by atoms with Gasteiger partial charge in [-0.05, 0) is 23.7 Å². The fourth-order valence-corrected chi connectivity index (χ4v) is 2.09. The van der Waals surface area contributed by atoms with Crippen LogP contribution in [-0.2, 0) is 6.18 Å². The molecule has 5 nitrogen and oxygen atoms in total. The SMILES string of the molecule is Nc1nn(-c2nc(Cl)ncc2C(F)(F)F)c2ccccc12. The first-order valence-corrected chi connectivity index (χ1v) is 6.09. The van der Waals surface area contributed by atoms with E-state index in [2.05, 4.69) is 15.1 Å². The van der Waals surface area contributed by atoms with E-state index >= 15 is 0 Å². The Hall–Kier alpha value is -2.35. The number of alkyl halides is 3. The highest BCUT2D eigenvalue weighted by atomic mass is 35.5. The quantitative estimate of drug-likeness (QED) is 0.701. The Morgan fingerprint density at radius 3 is 2.62 bits per heavy atom. The monoisotopic (exact) mass is 313 g/mol. The molecule has 0 saturated heterocycles. The van der Waals surface area contributed by atoms with Crippen LogP contribution >= 0.6 is 11.6 Å². The fourth-order valence-electron chi connectivity index (χ4n) is 1.97. The Balaban J connectivity index is 2.35. The molecule has 2 heterocycles. The number of hydrogen-bond acceptors (Lipinski definition) is 4. The maximum Gasteiger partial charge on any atom is 0.421 e. The van der Waals surface area contributed by atoms with Gasteiger partial charge in [0.2, 0.25) is 5.28 Å². The van der Waals surface area contributed by atoms with Gasteiger partial charge in [-0.25, -0.2) is 9.67 Å². The van der Waals surface area contributed by atoms with Crippen LogP contribution in [0.15, 0.2) is 30.5 Å². The van der Waals surface area contributed by atoms with Crippen LogP contribution in [-0.4, -0.2) is 19.7 Å². The van der Waals surface area contributed by atoms with Crippen LogP contribution in [0.4, 0.5) is 19.0 Å². The van der Waals surface area contributed by atoms with Gasteiger partial charge in [0.25, 0.3) is 0 Å². The smallest absolute Gasteiger partial charge is 0.382 e. The highest BCUT2D eigenvalue weighted by Gasteiger charge is 2.36. The van der Waals surface area contributed by atoms with Crippen LogP contribution in [0.25, 0.3) is 16.7 Å². The number of nitrogens with zero attached hydrogens (tertiary/aromatic N) is 4. The van der Waals surface area contributed by atoms with Crippen molar-refractivity contribution in [3.05, 3.63) is 41.3 Å². The molecule has 2 aromatic heterocycles. The van der Waals surface area contributed by atoms with E-state index in [1.165, 1.54) is 0 Å². The van der Waals surface area contributed by atoms with E-state index in [0.717, 1.165) is 4.68 Å². The second-order valence-corrected chi connectivity index (χ2v) is 4.53. The summed E-state index contributed by atoms with van der Waals surface area (Å²) < 4.78 is 40.2. The summed E-state index contributed by atoms with van der Waals surface area (Å²) in [5, 5.41) is 4.14. The van der Waals surface area contributed by atoms with Crippen molar-refractivity contribution in [1.82, 2.24) is 19.7 Å². The number of hydrogen-bond donors (Lipinski definition) is 1. The molecular formula is C12H7ClF3N5. The van der Waals surface area contributed by atoms with Crippen molar-refractivity contribution >= 4 is 28.3 Å². The lowest BCUT2D eigenvalue weighted by Crippen LogP contribution is -2.14. The summed E-state index contributed by atoms with van der Waals surface area (Å²) in [5.41, 5.74) is 5.08. The molecule has 3 rings (SSSR count). The molecule has 21 heavy (non-hydrogen) atoms. The lowest BCUT2D eigenvalue weighted by atomic mass is 10.2. The summed E-state index contributed by atoms with van der Waals surface area (Å²) in [7, 11) is 0. The summed E-state index contributed by atoms with van der Waals surface area (Å²) >= 11 is 5.61. The predicted octanol–water partition coefficient (Wildman–Crippen LogP) is 3.07. The number of aromatic nitrogens is 4. The molecule has 108 valence electrons. The van der Waals surface area contributed by atoms with Gasteiger partial charge in [0.1, 0.15) is 5.56 Å². The van der Waals surface area contributed by atoms with Crippen molar-refractivity contribution in [2.75, 3.05) is 5.73 Å². The topological polar surface area (TPSA) is 69.6 Å². The minimum absolute atomic E-state index is 0.105. The zero-order valence-electron chi connectivity index (χ0n) is 10.3. The molecule has 0 amide bonds. The zero-order valence-corrected chi connectivity index (χ0v) is 11.0. The van der Waals surface area contributed by atoms with Gasteiger partial charge in [-0.1, -0.05) is 12.1 Å². The van der Waals surface area contributed by atoms with E-state index in [1.807, 2.05) is 0 Å². The maximum atomic E-state index is 13.1. The molecule has 3 aromatic rings. The average molecular weight is 314 g/mol. The number of fused-ring (bicyclic) bond motifs is 1. The van der Waals surface area contributed by atoms with Crippen molar-refractivity contribution in [2.24, 2.45) is 0 Å². The highest BCUT2D eigenvalue weighted by Crippen LogP contribution is 2.34. The van der Waals surface area contributed by atoms with Crippen molar-refractivity contribution in [2.45, 2.75) is 6.18 Å². The highest BCUT2D eigenvalue weighted by molar-refractivity contribution is 6.28. The first-order valence-electron chi connectivity index (χ1n) is 5.71. The lowest BCUT2D eigenvalue weighted by Gasteiger charge is -2.11. The van der Waals surface area contributed by atoms with Gasteiger partial charge in [-0.2, -0.15) is 18.2 Å². The summed E-state index contributed by atoms with van der Waals surface area (Å²) in [6, 6.07) is 6.62. The van der Waals surface area contributed by atoms with Crippen LogP contribution in [0.2, 0.25) is 5.28 Å². The molecular weight excluding hydrogens is 307 g/mol. The van der Waals surface area contributed by atoms with Gasteiger partial charge in [0.15, 0.2) is 11.6 Å². The molecule has 0 aliphatic heterocycles. The van der Waals surface area contributed by atoms with E-state index in [4.69, 9.17) is 17.3 Å². The molecule has 1 aromatic carbocycles. The molecule has 0 atom stereocenters. The van der Waals surface area contributed by atoms with E-state index in [-0.39, 0.29) is 11.1 Å². The minimum Gasteiger partial charge on any atom is -0.382 e. The van der Waals surface area contributed by atoms with Gasteiger partial charge in [0, 0.05) is 11.6 Å². The Labute approximate surface area is 121 Å². The summed E-state index contributed by atoms with van der Waals surface area (Å²) in [6.45, 7) is 0. The number of para-hydroxylation sites is 1. The number of rotatable bonds is 1. The molecule has 0 saturated carbocycles. The van der Waals surface area contributed by atoms with Gasteiger partial charge in [0.05, 0.1) is 5.52 Å². The number of halogens is 4. The average Bonchev–Trinajstić information content (AvgIpc) is 2.75. The Kier molecular flexibility index (Phi) is 2.98. The lowest BCUT2D eigenvalue weighted by molar-refractivity contribution is -0.138. The van der Waals surface area contributed by atoms with Crippen molar-refractivity contribution in [3.8, 4) is 5.82 Å². The van der Waals surface area contributed by atoms with Gasteiger partial charge in [-0.15, -0.1) is 5.10 Å². The Morgan fingerprint density at radius 1 is 1.19 bits per heavy atom. The summed E-state index contributed by atoms with van der Waals surface area (Å²) in [5.74, 6) is -0.358. The first-order chi connectivity index (χ1) is 9.88. The third-order valence-electron chi connectivity index (χ3n) is 2.86. The predicted molar refractivity (Wildman–Crippen MR) is 71.1 cm³/mol. The molecule has 0 unspecified atom stereocenters. The summed E-state index contributed by atoms with van der Waals surface area (Å²) in [4.78, 5) is 7.03. The van der Waals surface area contributed by atoms with Crippen molar-refractivity contribution in [3.63, 3.8) is 0 Å². The summed E-state index contributed by atoms with van der Waals surface area (Å²) in [6.07, 6.45) is -4.01. The standard InChI is InChI=1S/C12H7ClF3N5/c13-11-18-5-7(12(14,15)16)10(19-11)21-8-4-2-1-3-6(8)9(17)20-21/h1-5H,(H2,17,20). The zero-order chi connectivity index (χ0) is 15.2.